The molecule has 0 atom stereocenters. The first kappa shape index (κ1) is 24.0. The fourth-order valence-electron chi connectivity index (χ4n) is 4.55. The van der Waals surface area contributed by atoms with Crippen LogP contribution in [0.2, 0.25) is 0 Å². The Labute approximate surface area is 215 Å². The highest BCUT2D eigenvalue weighted by atomic mass is 16.5. The molecule has 6 nitrogen and oxygen atoms in total. The fourth-order valence-corrected chi connectivity index (χ4v) is 4.55. The second-order valence-corrected chi connectivity index (χ2v) is 9.53. The molecule has 182 valence electrons. The number of nitrogens with zero attached hydrogens (tertiary/aromatic N) is 4. The molecule has 37 heavy (non-hydrogen) atoms. The van der Waals surface area contributed by atoms with E-state index in [0.717, 1.165) is 55.4 Å². The molecular formula is C31H26N4O2. The summed E-state index contributed by atoms with van der Waals surface area (Å²) in [6.45, 7) is 4.36. The number of benzene rings is 3. The van der Waals surface area contributed by atoms with Crippen molar-refractivity contribution in [3.05, 3.63) is 96.3 Å². The molecule has 0 unspecified atom stereocenters. The average Bonchev–Trinajstić information content (AvgIpc) is 2.94. The van der Waals surface area contributed by atoms with Gasteiger partial charge in [-0.1, -0.05) is 36.4 Å². The molecule has 0 bridgehead atoms. The highest BCUT2D eigenvalue weighted by molar-refractivity contribution is 5.98. The molecule has 0 amide bonds. The van der Waals surface area contributed by atoms with Gasteiger partial charge in [0.05, 0.1) is 28.2 Å². The molecule has 0 aliphatic rings. The number of pyridine rings is 2. The Morgan fingerprint density at radius 1 is 0.946 bits per heavy atom. The Bertz CT molecular complexity index is 1650. The van der Waals surface area contributed by atoms with Gasteiger partial charge in [-0.3, -0.25) is 14.8 Å². The molecule has 6 heteroatoms. The van der Waals surface area contributed by atoms with Gasteiger partial charge in [0.15, 0.2) is 0 Å². The Hall–Kier alpha value is -4.76. The monoisotopic (exact) mass is 486 g/mol. The lowest BCUT2D eigenvalue weighted by molar-refractivity contribution is -0.129. The summed E-state index contributed by atoms with van der Waals surface area (Å²) in [7, 11) is 1.98. The highest BCUT2D eigenvalue weighted by Gasteiger charge is 2.21. The zero-order chi connectivity index (χ0) is 26.0. The maximum absolute atomic E-state index is 11.0. The van der Waals surface area contributed by atoms with Gasteiger partial charge in [0.2, 0.25) is 0 Å². The predicted molar refractivity (Wildman–Crippen MR) is 146 cm³/mol. The summed E-state index contributed by atoms with van der Waals surface area (Å²) in [5, 5.41) is 11.5. The molecule has 0 N–H and O–H groups in total. The first-order chi connectivity index (χ1) is 17.9. The Morgan fingerprint density at radius 2 is 1.70 bits per heavy atom. The van der Waals surface area contributed by atoms with Crippen molar-refractivity contribution in [1.29, 1.82) is 5.26 Å². The summed E-state index contributed by atoms with van der Waals surface area (Å²) in [4.78, 5) is 22.3. The molecular weight excluding hydrogens is 460 g/mol. The van der Waals surface area contributed by atoms with Crippen LogP contribution in [0.1, 0.15) is 25.0 Å². The summed E-state index contributed by atoms with van der Waals surface area (Å²) in [5.74, 6) is 0. The van der Waals surface area contributed by atoms with Gasteiger partial charge in [-0.2, -0.15) is 5.26 Å². The van der Waals surface area contributed by atoms with Crippen LogP contribution in [0.15, 0.2) is 85.2 Å². The molecule has 0 radical (unpaired) electrons. The van der Waals surface area contributed by atoms with Gasteiger partial charge >= 0.3 is 0 Å². The van der Waals surface area contributed by atoms with Gasteiger partial charge in [-0.15, -0.1) is 0 Å². The topological polar surface area (TPSA) is 79.1 Å². The van der Waals surface area contributed by atoms with Crippen molar-refractivity contribution in [3.63, 3.8) is 0 Å². The summed E-state index contributed by atoms with van der Waals surface area (Å²) in [6, 6.07) is 26.6. The zero-order valence-corrected chi connectivity index (χ0v) is 21.0. The van der Waals surface area contributed by atoms with Gasteiger partial charge in [0.25, 0.3) is 6.47 Å². The van der Waals surface area contributed by atoms with Crippen LogP contribution in [0, 0.1) is 11.3 Å². The third-order valence-corrected chi connectivity index (χ3v) is 6.74. The number of rotatable bonds is 7. The lowest BCUT2D eigenvalue weighted by Gasteiger charge is -2.25. The minimum Gasteiger partial charge on any atom is -0.463 e. The van der Waals surface area contributed by atoms with Crippen LogP contribution in [-0.2, 0) is 21.6 Å². The number of fused-ring (bicyclic) bond motifs is 2. The zero-order valence-electron chi connectivity index (χ0n) is 21.0. The Balaban J connectivity index is 1.64. The number of para-hydroxylation sites is 1. The van der Waals surface area contributed by atoms with Crippen LogP contribution < -0.4 is 4.90 Å². The van der Waals surface area contributed by atoms with Crippen molar-refractivity contribution >= 4 is 39.7 Å². The van der Waals surface area contributed by atoms with Crippen LogP contribution in [0.4, 0.5) is 11.4 Å². The average molecular weight is 487 g/mol. The van der Waals surface area contributed by atoms with Crippen molar-refractivity contribution in [2.45, 2.75) is 25.9 Å². The van der Waals surface area contributed by atoms with E-state index in [9.17, 15) is 10.1 Å². The molecule has 5 rings (SSSR count). The third-order valence-electron chi connectivity index (χ3n) is 6.74. The molecule has 0 fully saturated rings. The standard InChI is InChI=1S/C31H26N4O2/c1-31(2,19-32)25-9-11-26(12-10-25)35(3)30-24(18-37-20-36)17-34-29-13-8-21(15-27(29)30)23-14-22-6-4-5-7-28(22)33-16-23/h4-17,20H,18H2,1-3H3. The number of ether oxygens (including phenoxy) is 1. The second kappa shape index (κ2) is 9.71. The summed E-state index contributed by atoms with van der Waals surface area (Å²) < 4.78 is 5.14. The lowest BCUT2D eigenvalue weighted by atomic mass is 9.86. The van der Waals surface area contributed by atoms with E-state index in [1.165, 1.54) is 0 Å². The predicted octanol–water partition coefficient (Wildman–Crippen LogP) is 6.69. The van der Waals surface area contributed by atoms with Crippen LogP contribution in [0.25, 0.3) is 32.9 Å². The minimum atomic E-state index is -0.577. The molecule has 0 saturated heterocycles. The molecule has 2 heterocycles. The van der Waals surface area contributed by atoms with Gasteiger partial charge in [0.1, 0.15) is 6.61 Å². The number of carbonyl (C=O) groups excluding carboxylic acids is 1. The van der Waals surface area contributed by atoms with Crippen LogP contribution in [0.5, 0.6) is 0 Å². The normalized spacial score (nSPS) is 11.3. The van der Waals surface area contributed by atoms with E-state index in [1.54, 1.807) is 6.20 Å². The first-order valence-electron chi connectivity index (χ1n) is 12.0. The first-order valence-corrected chi connectivity index (χ1v) is 12.0. The summed E-state index contributed by atoms with van der Waals surface area (Å²) >= 11 is 0. The van der Waals surface area contributed by atoms with Crippen molar-refractivity contribution in [2.24, 2.45) is 0 Å². The molecule has 2 aromatic heterocycles. The van der Waals surface area contributed by atoms with Gasteiger partial charge in [0, 0.05) is 47.0 Å². The van der Waals surface area contributed by atoms with E-state index >= 15 is 0 Å². The number of hydrogen-bond donors (Lipinski definition) is 0. The van der Waals surface area contributed by atoms with Crippen LogP contribution >= 0.6 is 0 Å². The number of hydrogen-bond acceptors (Lipinski definition) is 6. The number of aromatic nitrogens is 2. The summed E-state index contributed by atoms with van der Waals surface area (Å²) in [6.07, 6.45) is 3.64. The Kier molecular flexibility index (Phi) is 6.29. The minimum absolute atomic E-state index is 0.105. The van der Waals surface area contributed by atoms with Crippen LogP contribution in [0.3, 0.4) is 0 Å². The van der Waals surface area contributed by atoms with E-state index in [1.807, 2.05) is 81.7 Å². The van der Waals surface area contributed by atoms with E-state index in [0.29, 0.717) is 6.47 Å². The Morgan fingerprint density at radius 3 is 2.46 bits per heavy atom. The van der Waals surface area contributed by atoms with Crippen molar-refractivity contribution in [3.8, 4) is 17.2 Å². The number of carbonyl (C=O) groups is 1. The molecule has 3 aromatic carbocycles. The summed E-state index contributed by atoms with van der Waals surface area (Å²) in [5.41, 5.74) is 6.80. The molecule has 5 aromatic rings. The highest BCUT2D eigenvalue weighted by Crippen LogP contribution is 2.37. The third kappa shape index (κ3) is 4.60. The van der Waals surface area contributed by atoms with Crippen molar-refractivity contribution < 1.29 is 9.53 Å². The van der Waals surface area contributed by atoms with Crippen molar-refractivity contribution in [1.82, 2.24) is 9.97 Å². The smallest absolute Gasteiger partial charge is 0.293 e. The number of nitriles is 1. The van der Waals surface area contributed by atoms with E-state index in [2.05, 4.69) is 39.1 Å². The van der Waals surface area contributed by atoms with Gasteiger partial charge in [-0.05, 0) is 61.4 Å². The van der Waals surface area contributed by atoms with Crippen molar-refractivity contribution in [2.75, 3.05) is 11.9 Å². The van der Waals surface area contributed by atoms with Gasteiger partial charge < -0.3 is 9.64 Å². The van der Waals surface area contributed by atoms with E-state index in [-0.39, 0.29) is 6.61 Å². The largest absolute Gasteiger partial charge is 0.463 e. The van der Waals surface area contributed by atoms with E-state index in [4.69, 9.17) is 4.74 Å². The lowest BCUT2D eigenvalue weighted by Crippen LogP contribution is -2.16. The molecule has 0 aliphatic heterocycles. The molecule has 0 aliphatic carbocycles. The molecule has 0 spiro atoms. The van der Waals surface area contributed by atoms with Gasteiger partial charge in [-0.25, -0.2) is 0 Å². The SMILES string of the molecule is CN(c1ccc(C(C)(C)C#N)cc1)c1c(COC=O)cnc2ccc(-c3cnc4ccccc4c3)cc12. The van der Waals surface area contributed by atoms with Crippen LogP contribution in [-0.4, -0.2) is 23.5 Å². The quantitative estimate of drug-likeness (QED) is 0.238. The second-order valence-electron chi connectivity index (χ2n) is 9.53. The number of anilines is 2. The maximum atomic E-state index is 11.0. The maximum Gasteiger partial charge on any atom is 0.293 e. The fraction of sp³-hybridized carbons (Fsp3) is 0.161. The van der Waals surface area contributed by atoms with E-state index < -0.39 is 5.41 Å². The molecule has 0 saturated carbocycles.